The fraction of sp³-hybridized carbons (Fsp3) is 0.349. The predicted molar refractivity (Wildman–Crippen MR) is 222 cm³/mol. The number of imide groups is 2. The molecule has 1 unspecified atom stereocenters. The normalized spacial score (nSPS) is 19.8. The van der Waals surface area contributed by atoms with Crippen molar-refractivity contribution in [1.29, 1.82) is 0 Å². The van der Waals surface area contributed by atoms with E-state index in [1.807, 2.05) is 15.9 Å². The van der Waals surface area contributed by atoms with Crippen LogP contribution in [0.4, 0.5) is 17.2 Å². The SMILES string of the molecule is Nc1nnc(-c2ccccc2O)cc1N1CC(Oc2ccc(C(=O)N3CCN(C(=O)C4CCN(c5ccc6c(c5)C(=O)N(C5CCC(=O)NC5=O)C6=O)CC4)CC3)c(Cl)c2)C1. The van der Waals surface area contributed by atoms with Crippen molar-refractivity contribution in [2.24, 2.45) is 5.92 Å². The smallest absolute Gasteiger partial charge is 0.262 e. The van der Waals surface area contributed by atoms with E-state index in [-0.39, 0.29) is 64.4 Å². The Hall–Kier alpha value is -6.75. The zero-order valence-corrected chi connectivity index (χ0v) is 33.7. The van der Waals surface area contributed by atoms with Crippen molar-refractivity contribution < 1.29 is 38.6 Å². The molecule has 0 radical (unpaired) electrons. The molecule has 1 atom stereocenters. The van der Waals surface area contributed by atoms with Crippen LogP contribution in [-0.2, 0) is 14.4 Å². The molecule has 1 aromatic heterocycles. The first-order valence-electron chi connectivity index (χ1n) is 20.2. The number of halogens is 1. The molecular weight excluding hydrogens is 806 g/mol. The van der Waals surface area contributed by atoms with E-state index in [1.165, 1.54) is 0 Å². The number of phenols is 1. The summed E-state index contributed by atoms with van der Waals surface area (Å²) in [6.45, 7) is 3.75. The molecule has 4 N–H and O–H groups in total. The Morgan fingerprint density at radius 3 is 2.23 bits per heavy atom. The minimum absolute atomic E-state index is 0.0502. The summed E-state index contributed by atoms with van der Waals surface area (Å²) in [6, 6.07) is 17.7. The number of nitrogens with one attached hydrogen (secondary N) is 1. The molecule has 4 fully saturated rings. The van der Waals surface area contributed by atoms with Crippen LogP contribution in [0.1, 0.15) is 56.8 Å². The summed E-state index contributed by atoms with van der Waals surface area (Å²) in [7, 11) is 0. The fourth-order valence-corrected chi connectivity index (χ4v) is 8.96. The number of hydrogen-bond acceptors (Lipinski definition) is 13. The van der Waals surface area contributed by atoms with Gasteiger partial charge in [-0.1, -0.05) is 23.7 Å². The summed E-state index contributed by atoms with van der Waals surface area (Å²) in [5.41, 5.74) is 9.43. The molecule has 0 aliphatic carbocycles. The van der Waals surface area contributed by atoms with E-state index in [0.29, 0.717) is 93.5 Å². The summed E-state index contributed by atoms with van der Waals surface area (Å²) in [5.74, 6) is -1.65. The predicted octanol–water partition coefficient (Wildman–Crippen LogP) is 2.95. The van der Waals surface area contributed by atoms with Gasteiger partial charge in [0, 0.05) is 62.9 Å². The quantitative estimate of drug-likeness (QED) is 0.218. The number of anilines is 3. The number of benzene rings is 3. The van der Waals surface area contributed by atoms with Gasteiger partial charge >= 0.3 is 0 Å². The third-order valence-corrected chi connectivity index (χ3v) is 12.5. The highest BCUT2D eigenvalue weighted by Gasteiger charge is 2.45. The Bertz CT molecular complexity index is 2480. The first kappa shape index (κ1) is 39.7. The van der Waals surface area contributed by atoms with Crippen molar-refractivity contribution in [3.63, 3.8) is 0 Å². The molecule has 314 valence electrons. The number of piperazine rings is 1. The average molecular weight is 848 g/mol. The second kappa shape index (κ2) is 16.0. The van der Waals surface area contributed by atoms with E-state index in [0.717, 1.165) is 10.6 Å². The van der Waals surface area contributed by atoms with Crippen LogP contribution in [0.2, 0.25) is 5.02 Å². The molecule has 3 aromatic carbocycles. The van der Waals surface area contributed by atoms with Crippen LogP contribution in [0, 0.1) is 5.92 Å². The number of amides is 6. The van der Waals surface area contributed by atoms with Crippen LogP contribution < -0.4 is 25.6 Å². The Balaban J connectivity index is 0.740. The van der Waals surface area contributed by atoms with Crippen LogP contribution in [0.5, 0.6) is 11.5 Å². The van der Waals surface area contributed by atoms with Gasteiger partial charge in [0.2, 0.25) is 17.7 Å². The molecule has 0 spiro atoms. The number of rotatable bonds is 8. The number of nitrogen functional groups attached to an aromatic ring is 1. The second-order valence-electron chi connectivity index (χ2n) is 15.9. The number of piperidine rings is 2. The Morgan fingerprint density at radius 1 is 0.787 bits per heavy atom. The van der Waals surface area contributed by atoms with Gasteiger partial charge in [-0.15, -0.1) is 10.2 Å². The molecule has 5 aliphatic rings. The second-order valence-corrected chi connectivity index (χ2v) is 16.3. The standard InChI is InChI=1S/C43H42ClN9O8/c44-32-20-26(61-27-22-52(23-27)35-21-33(47-48-38(35)45)30-3-1-2-4-36(30)54)6-8-29(32)41(58)51-17-15-50(16-18-51)40(57)24-11-13-49(14-12-24)25-5-7-28-31(19-25)43(60)53(42(28)59)34-9-10-37(55)46-39(34)56/h1-8,19-21,24,27,34,54H,9-18,22-23H2,(H2,45,48)(H,46,55,56). The fourth-order valence-electron chi connectivity index (χ4n) is 8.71. The van der Waals surface area contributed by atoms with E-state index in [9.17, 15) is 33.9 Å². The van der Waals surface area contributed by atoms with E-state index < -0.39 is 29.7 Å². The average Bonchev–Trinajstić information content (AvgIpc) is 3.50. The van der Waals surface area contributed by atoms with Gasteiger partial charge in [-0.25, -0.2) is 0 Å². The molecule has 61 heavy (non-hydrogen) atoms. The van der Waals surface area contributed by atoms with Crippen LogP contribution in [-0.4, -0.2) is 130 Å². The lowest BCUT2D eigenvalue weighted by molar-refractivity contribution is -0.138. The lowest BCUT2D eigenvalue weighted by Crippen LogP contribution is -2.54. The first-order chi connectivity index (χ1) is 29.4. The number of nitrogens with zero attached hydrogens (tertiary/aromatic N) is 7. The molecule has 9 rings (SSSR count). The van der Waals surface area contributed by atoms with Crippen molar-refractivity contribution >= 4 is 64.2 Å². The summed E-state index contributed by atoms with van der Waals surface area (Å²) < 4.78 is 6.16. The van der Waals surface area contributed by atoms with Gasteiger partial charge in [0.05, 0.1) is 46.2 Å². The topological polar surface area (TPSA) is 212 Å². The summed E-state index contributed by atoms with van der Waals surface area (Å²) in [5, 5.41) is 21.0. The van der Waals surface area contributed by atoms with Crippen LogP contribution in [0.25, 0.3) is 11.3 Å². The van der Waals surface area contributed by atoms with Crippen LogP contribution in [0.15, 0.2) is 66.7 Å². The summed E-state index contributed by atoms with van der Waals surface area (Å²) in [4.78, 5) is 86.3. The largest absolute Gasteiger partial charge is 0.507 e. The molecule has 0 bridgehead atoms. The lowest BCUT2D eigenvalue weighted by Gasteiger charge is -2.41. The minimum Gasteiger partial charge on any atom is -0.507 e. The van der Waals surface area contributed by atoms with E-state index in [2.05, 4.69) is 20.4 Å². The van der Waals surface area contributed by atoms with Gasteiger partial charge in [-0.3, -0.25) is 39.0 Å². The maximum atomic E-state index is 13.6. The number of aromatic nitrogens is 2. The maximum absolute atomic E-state index is 13.6. The van der Waals surface area contributed by atoms with Crippen LogP contribution in [0.3, 0.4) is 0 Å². The highest BCUT2D eigenvalue weighted by atomic mass is 35.5. The van der Waals surface area contributed by atoms with Gasteiger partial charge < -0.3 is 35.2 Å². The van der Waals surface area contributed by atoms with Gasteiger partial charge in [-0.2, -0.15) is 0 Å². The van der Waals surface area contributed by atoms with Crippen molar-refractivity contribution in [3.8, 4) is 22.8 Å². The highest BCUT2D eigenvalue weighted by Crippen LogP contribution is 2.36. The third kappa shape index (κ3) is 7.53. The first-order valence-corrected chi connectivity index (χ1v) is 20.6. The maximum Gasteiger partial charge on any atom is 0.262 e. The van der Waals surface area contributed by atoms with E-state index in [4.69, 9.17) is 22.1 Å². The number of para-hydroxylation sites is 1. The summed E-state index contributed by atoms with van der Waals surface area (Å²) in [6.07, 6.45) is 1.18. The van der Waals surface area contributed by atoms with Gasteiger partial charge in [0.25, 0.3) is 17.7 Å². The van der Waals surface area contributed by atoms with Crippen molar-refractivity contribution in [3.05, 3.63) is 88.4 Å². The van der Waals surface area contributed by atoms with E-state index >= 15 is 0 Å². The van der Waals surface area contributed by atoms with Crippen molar-refractivity contribution in [2.75, 3.05) is 67.9 Å². The molecule has 17 nitrogen and oxygen atoms in total. The van der Waals surface area contributed by atoms with Gasteiger partial charge in [-0.05, 0) is 73.9 Å². The lowest BCUT2D eigenvalue weighted by atomic mass is 9.94. The molecule has 5 aliphatic heterocycles. The number of hydrogen-bond donors (Lipinski definition) is 3. The molecule has 6 heterocycles. The number of carbonyl (C=O) groups is 6. The number of carbonyl (C=O) groups excluding carboxylic acids is 6. The third-order valence-electron chi connectivity index (χ3n) is 12.2. The molecule has 6 amide bonds. The van der Waals surface area contributed by atoms with Gasteiger partial charge in [0.15, 0.2) is 5.82 Å². The van der Waals surface area contributed by atoms with Crippen LogP contribution >= 0.6 is 11.6 Å². The Morgan fingerprint density at radius 2 is 1.51 bits per heavy atom. The van der Waals surface area contributed by atoms with E-state index in [1.54, 1.807) is 65.6 Å². The molecule has 0 saturated carbocycles. The highest BCUT2D eigenvalue weighted by molar-refractivity contribution is 6.34. The molecular formula is C43H42ClN9O8. The molecule has 4 aromatic rings. The zero-order valence-electron chi connectivity index (χ0n) is 33.0. The number of ether oxygens (including phenoxy) is 1. The number of nitrogens with two attached hydrogens (primary N) is 1. The Kier molecular flexibility index (Phi) is 10.4. The monoisotopic (exact) mass is 847 g/mol. The molecule has 4 saturated heterocycles. The van der Waals surface area contributed by atoms with Crippen molar-refractivity contribution in [2.45, 2.75) is 37.8 Å². The Labute approximate surface area is 355 Å². The summed E-state index contributed by atoms with van der Waals surface area (Å²) >= 11 is 6.63. The number of phenolic OH excluding ortho intramolecular Hbond substituents is 1. The zero-order chi connectivity index (χ0) is 42.5. The van der Waals surface area contributed by atoms with Gasteiger partial charge in [0.1, 0.15) is 23.6 Å². The molecule has 18 heteroatoms. The number of fused-ring (bicyclic) bond motifs is 1. The van der Waals surface area contributed by atoms with Crippen molar-refractivity contribution in [1.82, 2.24) is 30.2 Å². The minimum atomic E-state index is -1.03. The number of aromatic hydroxyl groups is 1.